The Hall–Kier alpha value is -1.82. The predicted molar refractivity (Wildman–Crippen MR) is 78.5 cm³/mol. The predicted octanol–water partition coefficient (Wildman–Crippen LogP) is 2.55. The number of benzene rings is 1. The number of carbonyl (C=O) groups is 1. The van der Waals surface area contributed by atoms with Crippen LogP contribution in [0, 0.1) is 6.92 Å². The third kappa shape index (κ3) is 2.96. The van der Waals surface area contributed by atoms with Gasteiger partial charge in [0.15, 0.2) is 0 Å². The van der Waals surface area contributed by atoms with Gasteiger partial charge in [-0.2, -0.15) is 0 Å². The van der Waals surface area contributed by atoms with Crippen molar-refractivity contribution < 1.29 is 9.53 Å². The molecule has 0 bridgehead atoms. The standard InChI is InChI=1S/C13H17N3O2S/c1-4-18-13(17)7(2)15-10-6-11-12(5-9(10)14)19-8(3)16-11/h5-7,15H,4,14H2,1-3H3. The van der Waals surface area contributed by atoms with Crippen LogP contribution in [0.25, 0.3) is 10.2 Å². The fraction of sp³-hybridized carbons (Fsp3) is 0.385. The van der Waals surface area contributed by atoms with Crippen molar-refractivity contribution in [3.8, 4) is 0 Å². The van der Waals surface area contributed by atoms with Crippen LogP contribution >= 0.6 is 11.3 Å². The van der Waals surface area contributed by atoms with E-state index in [4.69, 9.17) is 10.5 Å². The highest BCUT2D eigenvalue weighted by atomic mass is 32.1. The van der Waals surface area contributed by atoms with Gasteiger partial charge in [0.1, 0.15) is 6.04 Å². The number of ether oxygens (including phenoxy) is 1. The molecule has 1 unspecified atom stereocenters. The van der Waals surface area contributed by atoms with E-state index < -0.39 is 6.04 Å². The highest BCUT2D eigenvalue weighted by molar-refractivity contribution is 7.18. The molecule has 0 fully saturated rings. The van der Waals surface area contributed by atoms with E-state index in [1.54, 1.807) is 25.2 Å². The smallest absolute Gasteiger partial charge is 0.328 e. The Morgan fingerprint density at radius 2 is 2.32 bits per heavy atom. The van der Waals surface area contributed by atoms with Crippen molar-refractivity contribution in [1.82, 2.24) is 4.98 Å². The third-order valence-electron chi connectivity index (χ3n) is 2.68. The molecule has 2 aromatic rings. The molecule has 5 nitrogen and oxygen atoms in total. The zero-order chi connectivity index (χ0) is 14.0. The fourth-order valence-electron chi connectivity index (χ4n) is 1.79. The maximum Gasteiger partial charge on any atom is 0.328 e. The summed E-state index contributed by atoms with van der Waals surface area (Å²) in [6.07, 6.45) is 0. The van der Waals surface area contributed by atoms with Crippen LogP contribution in [-0.4, -0.2) is 23.6 Å². The number of hydrogen-bond acceptors (Lipinski definition) is 6. The van der Waals surface area contributed by atoms with Crippen LogP contribution < -0.4 is 11.1 Å². The van der Waals surface area contributed by atoms with Crippen molar-refractivity contribution >= 4 is 38.9 Å². The highest BCUT2D eigenvalue weighted by Gasteiger charge is 2.15. The van der Waals surface area contributed by atoms with Gasteiger partial charge in [-0.15, -0.1) is 11.3 Å². The molecule has 0 aliphatic carbocycles. The van der Waals surface area contributed by atoms with Crippen LogP contribution in [0.2, 0.25) is 0 Å². The van der Waals surface area contributed by atoms with E-state index in [-0.39, 0.29) is 5.97 Å². The molecule has 2 rings (SSSR count). The number of esters is 1. The second-order valence-electron chi connectivity index (χ2n) is 4.26. The summed E-state index contributed by atoms with van der Waals surface area (Å²) < 4.78 is 6.00. The van der Waals surface area contributed by atoms with E-state index in [0.29, 0.717) is 18.0 Å². The fourth-order valence-corrected chi connectivity index (χ4v) is 2.65. The number of aromatic nitrogens is 1. The summed E-state index contributed by atoms with van der Waals surface area (Å²) in [7, 11) is 0. The summed E-state index contributed by atoms with van der Waals surface area (Å²) >= 11 is 1.60. The maximum atomic E-state index is 11.6. The monoisotopic (exact) mass is 279 g/mol. The van der Waals surface area contributed by atoms with Gasteiger partial charge in [0, 0.05) is 0 Å². The summed E-state index contributed by atoms with van der Waals surface area (Å²) in [5, 5.41) is 4.05. The quantitative estimate of drug-likeness (QED) is 0.664. The number of thiazole rings is 1. The highest BCUT2D eigenvalue weighted by Crippen LogP contribution is 2.30. The minimum atomic E-state index is -0.445. The average Bonchev–Trinajstić information content (AvgIpc) is 2.69. The molecule has 3 N–H and O–H groups in total. The molecule has 0 amide bonds. The number of anilines is 2. The minimum Gasteiger partial charge on any atom is -0.464 e. The Kier molecular flexibility index (Phi) is 3.90. The van der Waals surface area contributed by atoms with Crippen LogP contribution in [0.15, 0.2) is 12.1 Å². The molecule has 1 heterocycles. The molecule has 0 radical (unpaired) electrons. The molecule has 0 aliphatic heterocycles. The first-order chi connectivity index (χ1) is 9.01. The molecule has 0 spiro atoms. The summed E-state index contributed by atoms with van der Waals surface area (Å²) in [5.74, 6) is -0.295. The van der Waals surface area contributed by atoms with Gasteiger partial charge in [-0.3, -0.25) is 0 Å². The molecule has 1 aromatic carbocycles. The van der Waals surface area contributed by atoms with Crippen LogP contribution in [0.5, 0.6) is 0 Å². The zero-order valence-electron chi connectivity index (χ0n) is 11.2. The second-order valence-corrected chi connectivity index (χ2v) is 5.49. The first-order valence-corrected chi connectivity index (χ1v) is 6.92. The molecule has 1 atom stereocenters. The van der Waals surface area contributed by atoms with Gasteiger partial charge in [0.25, 0.3) is 0 Å². The number of nitrogens with one attached hydrogen (secondary N) is 1. The Labute approximate surface area is 115 Å². The van der Waals surface area contributed by atoms with Gasteiger partial charge in [0.2, 0.25) is 0 Å². The number of nitrogens with two attached hydrogens (primary N) is 1. The van der Waals surface area contributed by atoms with Crippen molar-refractivity contribution in [2.45, 2.75) is 26.8 Å². The van der Waals surface area contributed by atoms with E-state index >= 15 is 0 Å². The lowest BCUT2D eigenvalue weighted by Gasteiger charge is -2.15. The number of rotatable bonds is 4. The topological polar surface area (TPSA) is 77.2 Å². The molecule has 1 aromatic heterocycles. The number of hydrogen-bond donors (Lipinski definition) is 2. The summed E-state index contributed by atoms with van der Waals surface area (Å²) in [6, 6.07) is 3.30. The largest absolute Gasteiger partial charge is 0.464 e. The maximum absolute atomic E-state index is 11.6. The first kappa shape index (κ1) is 13.6. The van der Waals surface area contributed by atoms with Gasteiger partial charge in [-0.05, 0) is 32.9 Å². The molecule has 0 saturated heterocycles. The summed E-state index contributed by atoms with van der Waals surface area (Å²) in [4.78, 5) is 16.0. The molecule has 0 saturated carbocycles. The van der Waals surface area contributed by atoms with Crippen LogP contribution in [0.1, 0.15) is 18.9 Å². The summed E-state index contributed by atoms with van der Waals surface area (Å²) in [6.45, 7) is 5.84. The Morgan fingerprint density at radius 3 is 3.00 bits per heavy atom. The van der Waals surface area contributed by atoms with Gasteiger partial charge >= 0.3 is 5.97 Å². The number of aryl methyl sites for hydroxylation is 1. The van der Waals surface area contributed by atoms with Gasteiger partial charge in [-0.25, -0.2) is 9.78 Å². The number of fused-ring (bicyclic) bond motifs is 1. The Bertz CT molecular complexity index is 609. The normalized spacial score (nSPS) is 12.4. The molecular weight excluding hydrogens is 262 g/mol. The lowest BCUT2D eigenvalue weighted by molar-refractivity contribution is -0.143. The van der Waals surface area contributed by atoms with Crippen molar-refractivity contribution in [2.24, 2.45) is 0 Å². The molecular formula is C13H17N3O2S. The van der Waals surface area contributed by atoms with E-state index in [9.17, 15) is 4.79 Å². The van der Waals surface area contributed by atoms with E-state index in [1.165, 1.54) is 0 Å². The van der Waals surface area contributed by atoms with E-state index in [1.807, 2.05) is 19.1 Å². The van der Waals surface area contributed by atoms with E-state index in [2.05, 4.69) is 10.3 Å². The molecule has 19 heavy (non-hydrogen) atoms. The Morgan fingerprint density at radius 1 is 1.58 bits per heavy atom. The SMILES string of the molecule is CCOC(=O)C(C)Nc1cc2nc(C)sc2cc1N. The number of nitrogens with zero attached hydrogens (tertiary/aromatic N) is 1. The van der Waals surface area contributed by atoms with Gasteiger partial charge in [0.05, 0.1) is 33.2 Å². The lowest BCUT2D eigenvalue weighted by Crippen LogP contribution is -2.28. The van der Waals surface area contributed by atoms with Crippen LogP contribution in [0.3, 0.4) is 0 Å². The van der Waals surface area contributed by atoms with Gasteiger partial charge in [-0.1, -0.05) is 0 Å². The summed E-state index contributed by atoms with van der Waals surface area (Å²) in [5.41, 5.74) is 8.18. The second kappa shape index (κ2) is 5.44. The molecule has 0 aliphatic rings. The van der Waals surface area contributed by atoms with Crippen LogP contribution in [-0.2, 0) is 9.53 Å². The minimum absolute atomic E-state index is 0.295. The number of nitrogen functional groups attached to an aromatic ring is 1. The third-order valence-corrected chi connectivity index (χ3v) is 3.61. The van der Waals surface area contributed by atoms with Gasteiger partial charge < -0.3 is 15.8 Å². The van der Waals surface area contributed by atoms with Crippen molar-refractivity contribution in [3.05, 3.63) is 17.1 Å². The average molecular weight is 279 g/mol. The Balaban J connectivity index is 2.24. The van der Waals surface area contributed by atoms with Crippen molar-refractivity contribution in [3.63, 3.8) is 0 Å². The van der Waals surface area contributed by atoms with E-state index in [0.717, 1.165) is 15.2 Å². The number of carbonyl (C=O) groups excluding carboxylic acids is 1. The first-order valence-electron chi connectivity index (χ1n) is 6.11. The van der Waals surface area contributed by atoms with Crippen molar-refractivity contribution in [2.75, 3.05) is 17.7 Å². The zero-order valence-corrected chi connectivity index (χ0v) is 12.0. The molecule has 6 heteroatoms. The lowest BCUT2D eigenvalue weighted by atomic mass is 10.2. The molecule has 102 valence electrons. The van der Waals surface area contributed by atoms with Crippen molar-refractivity contribution in [1.29, 1.82) is 0 Å². The van der Waals surface area contributed by atoms with Crippen LogP contribution in [0.4, 0.5) is 11.4 Å².